The molecule has 0 radical (unpaired) electrons. The molecule has 0 spiro atoms. The third-order valence-electron chi connectivity index (χ3n) is 2.21. The van der Waals surface area contributed by atoms with Crippen molar-refractivity contribution >= 4 is 11.6 Å². The van der Waals surface area contributed by atoms with E-state index in [4.69, 9.17) is 0 Å². The number of hydrogen-bond donors (Lipinski definition) is 3. The molecular weight excluding hydrogens is 206 g/mol. The van der Waals surface area contributed by atoms with Gasteiger partial charge in [-0.3, -0.25) is 15.0 Å². The third-order valence-corrected chi connectivity index (χ3v) is 2.21. The lowest BCUT2D eigenvalue weighted by Gasteiger charge is -1.98. The van der Waals surface area contributed by atoms with E-state index in [2.05, 4.69) is 25.7 Å². The number of anilines is 1. The van der Waals surface area contributed by atoms with Crippen LogP contribution in [0.15, 0.2) is 18.5 Å². The van der Waals surface area contributed by atoms with Crippen LogP contribution in [0, 0.1) is 0 Å². The fourth-order valence-corrected chi connectivity index (χ4v) is 1.26. The molecule has 0 fully saturated rings. The fourth-order valence-electron chi connectivity index (χ4n) is 1.26. The highest BCUT2D eigenvalue weighted by molar-refractivity contribution is 6.02. The standard InChI is InChI=1S/C10H13N5O/c1-6(2)8-3-9(15-14-8)10(16)13-7-4-11-12-5-7/h3-6H,1-2H3,(H,11,12)(H,13,16)(H,14,15). The Kier molecular flexibility index (Phi) is 2.72. The smallest absolute Gasteiger partial charge is 0.276 e. The Morgan fingerprint density at radius 3 is 2.88 bits per heavy atom. The summed E-state index contributed by atoms with van der Waals surface area (Å²) < 4.78 is 0. The van der Waals surface area contributed by atoms with Crippen molar-refractivity contribution in [2.75, 3.05) is 5.32 Å². The number of amides is 1. The van der Waals surface area contributed by atoms with Crippen molar-refractivity contribution < 1.29 is 4.79 Å². The van der Waals surface area contributed by atoms with Crippen LogP contribution in [0.5, 0.6) is 0 Å². The molecule has 16 heavy (non-hydrogen) atoms. The third kappa shape index (κ3) is 2.10. The Bertz CT molecular complexity index is 471. The second kappa shape index (κ2) is 4.18. The van der Waals surface area contributed by atoms with E-state index >= 15 is 0 Å². The van der Waals surface area contributed by atoms with Gasteiger partial charge in [0.25, 0.3) is 5.91 Å². The van der Waals surface area contributed by atoms with Crippen molar-refractivity contribution in [3.8, 4) is 0 Å². The molecule has 2 rings (SSSR count). The van der Waals surface area contributed by atoms with Gasteiger partial charge in [0.1, 0.15) is 0 Å². The van der Waals surface area contributed by atoms with Crippen LogP contribution < -0.4 is 5.32 Å². The Morgan fingerprint density at radius 2 is 2.31 bits per heavy atom. The number of aromatic amines is 2. The van der Waals surface area contributed by atoms with Gasteiger partial charge in [0.15, 0.2) is 5.69 Å². The number of carbonyl (C=O) groups excluding carboxylic acids is 1. The summed E-state index contributed by atoms with van der Waals surface area (Å²) in [6.07, 6.45) is 3.14. The van der Waals surface area contributed by atoms with Crippen LogP contribution in [0.4, 0.5) is 5.69 Å². The maximum atomic E-state index is 11.7. The van der Waals surface area contributed by atoms with Crippen molar-refractivity contribution in [1.29, 1.82) is 0 Å². The molecule has 0 saturated heterocycles. The van der Waals surface area contributed by atoms with Crippen LogP contribution in [0.25, 0.3) is 0 Å². The van der Waals surface area contributed by atoms with E-state index in [-0.39, 0.29) is 5.91 Å². The molecule has 0 bridgehead atoms. The molecule has 0 saturated carbocycles. The first-order chi connectivity index (χ1) is 7.66. The maximum absolute atomic E-state index is 11.7. The Balaban J connectivity index is 2.09. The first-order valence-electron chi connectivity index (χ1n) is 5.02. The Morgan fingerprint density at radius 1 is 1.50 bits per heavy atom. The molecule has 6 nitrogen and oxygen atoms in total. The van der Waals surface area contributed by atoms with Crippen molar-refractivity contribution in [3.05, 3.63) is 29.8 Å². The van der Waals surface area contributed by atoms with Gasteiger partial charge in [-0.2, -0.15) is 10.2 Å². The lowest BCUT2D eigenvalue weighted by atomic mass is 10.1. The van der Waals surface area contributed by atoms with Crippen molar-refractivity contribution in [2.45, 2.75) is 19.8 Å². The minimum absolute atomic E-state index is 0.246. The molecule has 3 N–H and O–H groups in total. The summed E-state index contributed by atoms with van der Waals surface area (Å²) >= 11 is 0. The van der Waals surface area contributed by atoms with E-state index in [1.165, 1.54) is 6.20 Å². The summed E-state index contributed by atoms with van der Waals surface area (Å²) in [5, 5.41) is 15.8. The summed E-state index contributed by atoms with van der Waals surface area (Å²) in [5.74, 6) is 0.0764. The minimum atomic E-state index is -0.246. The summed E-state index contributed by atoms with van der Waals surface area (Å²) in [4.78, 5) is 11.7. The summed E-state index contributed by atoms with van der Waals surface area (Å²) in [5.41, 5.74) is 1.95. The molecule has 0 unspecified atom stereocenters. The van der Waals surface area contributed by atoms with Crippen LogP contribution >= 0.6 is 0 Å². The van der Waals surface area contributed by atoms with Crippen molar-refractivity contribution in [1.82, 2.24) is 20.4 Å². The normalized spacial score (nSPS) is 10.7. The Hall–Kier alpha value is -2.11. The number of H-pyrrole nitrogens is 2. The molecule has 84 valence electrons. The van der Waals surface area contributed by atoms with Crippen molar-refractivity contribution in [2.24, 2.45) is 0 Å². The van der Waals surface area contributed by atoms with Crippen LogP contribution in [-0.2, 0) is 0 Å². The van der Waals surface area contributed by atoms with E-state index in [9.17, 15) is 4.79 Å². The van der Waals surface area contributed by atoms with Gasteiger partial charge in [0.2, 0.25) is 0 Å². The first kappa shape index (κ1) is 10.4. The van der Waals surface area contributed by atoms with Crippen LogP contribution in [0.2, 0.25) is 0 Å². The molecule has 0 atom stereocenters. The predicted octanol–water partition coefficient (Wildman–Crippen LogP) is 1.51. The summed E-state index contributed by atoms with van der Waals surface area (Å²) in [6, 6.07) is 1.75. The molecule has 1 amide bonds. The molecule has 0 aliphatic carbocycles. The van der Waals surface area contributed by atoms with E-state index in [0.29, 0.717) is 17.3 Å². The zero-order chi connectivity index (χ0) is 11.5. The zero-order valence-corrected chi connectivity index (χ0v) is 9.11. The van der Waals surface area contributed by atoms with Gasteiger partial charge in [0.05, 0.1) is 11.9 Å². The Labute approximate surface area is 92.5 Å². The van der Waals surface area contributed by atoms with Crippen LogP contribution in [0.3, 0.4) is 0 Å². The number of nitrogens with zero attached hydrogens (tertiary/aromatic N) is 2. The van der Waals surface area contributed by atoms with Crippen LogP contribution in [0.1, 0.15) is 35.9 Å². The van der Waals surface area contributed by atoms with Crippen LogP contribution in [-0.4, -0.2) is 26.3 Å². The molecule has 2 aromatic heterocycles. The molecule has 0 aliphatic rings. The first-order valence-corrected chi connectivity index (χ1v) is 5.02. The average Bonchev–Trinajstić information content (AvgIpc) is 2.86. The molecule has 0 aromatic carbocycles. The van der Waals surface area contributed by atoms with Crippen molar-refractivity contribution in [3.63, 3.8) is 0 Å². The minimum Gasteiger partial charge on any atom is -0.318 e. The van der Waals surface area contributed by atoms with Gasteiger partial charge < -0.3 is 5.32 Å². The highest BCUT2D eigenvalue weighted by Gasteiger charge is 2.12. The SMILES string of the molecule is CC(C)c1cc(C(=O)Nc2cn[nH]c2)n[nH]1. The lowest BCUT2D eigenvalue weighted by molar-refractivity contribution is 0.102. The van der Waals surface area contributed by atoms with Gasteiger partial charge in [-0.15, -0.1) is 0 Å². The maximum Gasteiger partial charge on any atom is 0.276 e. The number of aromatic nitrogens is 4. The summed E-state index contributed by atoms with van der Waals surface area (Å²) in [6.45, 7) is 4.07. The van der Waals surface area contributed by atoms with Gasteiger partial charge in [-0.05, 0) is 12.0 Å². The van der Waals surface area contributed by atoms with Gasteiger partial charge in [-0.25, -0.2) is 0 Å². The molecule has 0 aliphatic heterocycles. The highest BCUT2D eigenvalue weighted by Crippen LogP contribution is 2.13. The quantitative estimate of drug-likeness (QED) is 0.731. The van der Waals surface area contributed by atoms with Gasteiger partial charge in [-0.1, -0.05) is 13.8 Å². The molecule has 2 aromatic rings. The average molecular weight is 219 g/mol. The van der Waals surface area contributed by atoms with E-state index in [1.54, 1.807) is 12.3 Å². The molecule has 2 heterocycles. The second-order valence-corrected chi connectivity index (χ2v) is 3.80. The number of carbonyl (C=O) groups is 1. The second-order valence-electron chi connectivity index (χ2n) is 3.80. The van der Waals surface area contributed by atoms with Gasteiger partial charge in [0, 0.05) is 11.9 Å². The molecule has 6 heteroatoms. The monoisotopic (exact) mass is 219 g/mol. The van der Waals surface area contributed by atoms with E-state index in [0.717, 1.165) is 5.69 Å². The lowest BCUT2D eigenvalue weighted by Crippen LogP contribution is -2.11. The van der Waals surface area contributed by atoms with E-state index < -0.39 is 0 Å². The highest BCUT2D eigenvalue weighted by atomic mass is 16.1. The molecular formula is C10H13N5O. The number of hydrogen-bond acceptors (Lipinski definition) is 3. The topological polar surface area (TPSA) is 86.5 Å². The largest absolute Gasteiger partial charge is 0.318 e. The summed E-state index contributed by atoms with van der Waals surface area (Å²) in [7, 11) is 0. The predicted molar refractivity (Wildman–Crippen MR) is 59.2 cm³/mol. The number of nitrogens with one attached hydrogen (secondary N) is 3. The zero-order valence-electron chi connectivity index (χ0n) is 9.11. The number of rotatable bonds is 3. The fraction of sp³-hybridized carbons (Fsp3) is 0.300. The van der Waals surface area contributed by atoms with Gasteiger partial charge >= 0.3 is 0 Å². The van der Waals surface area contributed by atoms with E-state index in [1.807, 2.05) is 13.8 Å².